The van der Waals surface area contributed by atoms with E-state index in [1.807, 2.05) is 35.2 Å². The van der Waals surface area contributed by atoms with Crippen molar-refractivity contribution in [2.75, 3.05) is 11.9 Å². The highest BCUT2D eigenvalue weighted by Crippen LogP contribution is 2.31. The van der Waals surface area contributed by atoms with Crippen molar-refractivity contribution in [3.05, 3.63) is 46.5 Å². The second kappa shape index (κ2) is 6.96. The van der Waals surface area contributed by atoms with E-state index in [0.717, 1.165) is 41.8 Å². The van der Waals surface area contributed by atoms with Crippen LogP contribution < -0.4 is 5.32 Å². The predicted octanol–water partition coefficient (Wildman–Crippen LogP) is 3.01. The Morgan fingerprint density at radius 3 is 2.76 bits per heavy atom. The number of rotatable bonds is 4. The molecule has 4 rings (SSSR count). The lowest BCUT2D eigenvalue weighted by Gasteiger charge is -2.26. The predicted molar refractivity (Wildman–Crippen MR) is 97.4 cm³/mol. The molecular weight excluding hydrogens is 334 g/mol. The van der Waals surface area contributed by atoms with Crippen molar-refractivity contribution in [3.63, 3.8) is 0 Å². The van der Waals surface area contributed by atoms with Crippen molar-refractivity contribution in [1.29, 1.82) is 0 Å². The van der Waals surface area contributed by atoms with E-state index < -0.39 is 0 Å². The maximum atomic E-state index is 12.5. The van der Waals surface area contributed by atoms with Gasteiger partial charge in [-0.25, -0.2) is 4.98 Å². The Morgan fingerprint density at radius 1 is 1.24 bits per heavy atom. The summed E-state index contributed by atoms with van der Waals surface area (Å²) in [7, 11) is 0. The van der Waals surface area contributed by atoms with Gasteiger partial charge in [-0.2, -0.15) is 0 Å². The number of carbonyl (C=O) groups excluding carboxylic acids is 2. The molecule has 1 aliphatic heterocycles. The molecular formula is C19H21N3O2S. The van der Waals surface area contributed by atoms with Gasteiger partial charge >= 0.3 is 0 Å². The van der Waals surface area contributed by atoms with Crippen LogP contribution in [0, 0.1) is 5.92 Å². The molecule has 0 atom stereocenters. The van der Waals surface area contributed by atoms with E-state index >= 15 is 0 Å². The molecule has 130 valence electrons. The van der Waals surface area contributed by atoms with Crippen LogP contribution >= 0.6 is 11.3 Å². The number of anilines is 1. The molecule has 1 saturated carbocycles. The molecule has 2 aliphatic rings. The van der Waals surface area contributed by atoms with E-state index in [0.29, 0.717) is 24.6 Å². The van der Waals surface area contributed by atoms with Crippen LogP contribution in [-0.2, 0) is 29.0 Å². The zero-order valence-corrected chi connectivity index (χ0v) is 14.8. The lowest BCUT2D eigenvalue weighted by molar-refractivity contribution is -0.131. The SMILES string of the molecule is O=C(Nc1nc2c(s1)CN(C(=O)Cc1ccccc1)CC2)C1CCC1. The van der Waals surface area contributed by atoms with Crippen molar-refractivity contribution in [3.8, 4) is 0 Å². The molecule has 5 nitrogen and oxygen atoms in total. The van der Waals surface area contributed by atoms with Crippen molar-refractivity contribution >= 4 is 28.3 Å². The van der Waals surface area contributed by atoms with Crippen LogP contribution in [0.4, 0.5) is 5.13 Å². The van der Waals surface area contributed by atoms with Gasteiger partial charge in [0.05, 0.1) is 18.7 Å². The monoisotopic (exact) mass is 355 g/mol. The Morgan fingerprint density at radius 2 is 2.04 bits per heavy atom. The second-order valence-corrected chi connectivity index (χ2v) is 7.82. The van der Waals surface area contributed by atoms with Crippen LogP contribution in [0.15, 0.2) is 30.3 Å². The van der Waals surface area contributed by atoms with Gasteiger partial charge in [-0.05, 0) is 18.4 Å². The molecule has 0 saturated heterocycles. The normalized spacial score (nSPS) is 16.9. The van der Waals surface area contributed by atoms with Crippen LogP contribution in [-0.4, -0.2) is 28.2 Å². The maximum absolute atomic E-state index is 12.5. The Labute approximate surface area is 151 Å². The van der Waals surface area contributed by atoms with Crippen LogP contribution in [0.3, 0.4) is 0 Å². The number of amides is 2. The highest BCUT2D eigenvalue weighted by Gasteiger charge is 2.28. The molecule has 6 heteroatoms. The third-order valence-corrected chi connectivity index (χ3v) is 5.99. The first-order chi connectivity index (χ1) is 12.2. The number of benzene rings is 1. The minimum Gasteiger partial charge on any atom is -0.337 e. The zero-order chi connectivity index (χ0) is 17.2. The summed E-state index contributed by atoms with van der Waals surface area (Å²) in [6, 6.07) is 9.83. The number of carbonyl (C=O) groups is 2. The van der Waals surface area contributed by atoms with Crippen molar-refractivity contribution in [2.45, 2.75) is 38.6 Å². The maximum Gasteiger partial charge on any atom is 0.229 e. The fourth-order valence-corrected chi connectivity index (χ4v) is 4.25. The Bertz CT molecular complexity index is 783. The molecule has 1 aromatic heterocycles. The number of hydrogen-bond acceptors (Lipinski definition) is 4. The molecule has 0 bridgehead atoms. The van der Waals surface area contributed by atoms with Gasteiger partial charge in [0.2, 0.25) is 11.8 Å². The quantitative estimate of drug-likeness (QED) is 0.917. The molecule has 1 aromatic carbocycles. The van der Waals surface area contributed by atoms with E-state index in [1.165, 1.54) is 11.3 Å². The Balaban J connectivity index is 1.39. The lowest BCUT2D eigenvalue weighted by atomic mass is 9.85. The first-order valence-electron chi connectivity index (χ1n) is 8.80. The van der Waals surface area contributed by atoms with Crippen molar-refractivity contribution in [2.24, 2.45) is 5.92 Å². The fourth-order valence-electron chi connectivity index (χ4n) is 3.22. The summed E-state index contributed by atoms with van der Waals surface area (Å²) in [5, 5.41) is 3.63. The highest BCUT2D eigenvalue weighted by atomic mass is 32.1. The van der Waals surface area contributed by atoms with Gasteiger partial charge in [0, 0.05) is 23.8 Å². The topological polar surface area (TPSA) is 62.3 Å². The summed E-state index contributed by atoms with van der Waals surface area (Å²) in [6.07, 6.45) is 4.30. The van der Waals surface area contributed by atoms with Gasteiger partial charge in [-0.15, -0.1) is 0 Å². The second-order valence-electron chi connectivity index (χ2n) is 6.73. The number of aromatic nitrogens is 1. The van der Waals surface area contributed by atoms with Gasteiger partial charge in [0.15, 0.2) is 5.13 Å². The molecule has 25 heavy (non-hydrogen) atoms. The molecule has 1 aliphatic carbocycles. The molecule has 2 amide bonds. The van der Waals surface area contributed by atoms with Gasteiger partial charge in [-0.3, -0.25) is 9.59 Å². The van der Waals surface area contributed by atoms with Gasteiger partial charge in [0.1, 0.15) is 0 Å². The number of hydrogen-bond donors (Lipinski definition) is 1. The summed E-state index contributed by atoms with van der Waals surface area (Å²) in [6.45, 7) is 1.29. The smallest absolute Gasteiger partial charge is 0.229 e. The summed E-state index contributed by atoms with van der Waals surface area (Å²) < 4.78 is 0. The number of nitrogens with one attached hydrogen (secondary N) is 1. The standard InChI is InChI=1S/C19H21N3O2S/c23-17(11-13-5-2-1-3-6-13)22-10-9-15-16(12-22)25-19(20-15)21-18(24)14-7-4-8-14/h1-3,5-6,14H,4,7-12H2,(H,20,21,24). The number of thiazole rings is 1. The summed E-state index contributed by atoms with van der Waals surface area (Å²) >= 11 is 1.51. The number of fused-ring (bicyclic) bond motifs is 1. The largest absolute Gasteiger partial charge is 0.337 e. The molecule has 2 heterocycles. The van der Waals surface area contributed by atoms with Crippen LogP contribution in [0.5, 0.6) is 0 Å². The Kier molecular flexibility index (Phi) is 4.53. The minimum absolute atomic E-state index is 0.0920. The summed E-state index contributed by atoms with van der Waals surface area (Å²) in [5.74, 6) is 0.393. The van der Waals surface area contributed by atoms with Crippen LogP contribution in [0.25, 0.3) is 0 Å². The van der Waals surface area contributed by atoms with E-state index in [4.69, 9.17) is 0 Å². The molecule has 2 aromatic rings. The third-order valence-electron chi connectivity index (χ3n) is 4.99. The first-order valence-corrected chi connectivity index (χ1v) is 9.62. The fraction of sp³-hybridized carbons (Fsp3) is 0.421. The van der Waals surface area contributed by atoms with Crippen molar-refractivity contribution < 1.29 is 9.59 Å². The minimum atomic E-state index is 0.0920. The van der Waals surface area contributed by atoms with Crippen LogP contribution in [0.2, 0.25) is 0 Å². The number of nitrogens with zero attached hydrogens (tertiary/aromatic N) is 2. The molecule has 0 radical (unpaired) electrons. The molecule has 1 N–H and O–H groups in total. The van der Waals surface area contributed by atoms with E-state index in [9.17, 15) is 9.59 Å². The van der Waals surface area contributed by atoms with E-state index in [-0.39, 0.29) is 17.7 Å². The summed E-state index contributed by atoms with van der Waals surface area (Å²) in [5.41, 5.74) is 2.06. The van der Waals surface area contributed by atoms with Gasteiger partial charge in [0.25, 0.3) is 0 Å². The molecule has 0 unspecified atom stereocenters. The Hall–Kier alpha value is -2.21. The van der Waals surface area contributed by atoms with E-state index in [1.54, 1.807) is 0 Å². The summed E-state index contributed by atoms with van der Waals surface area (Å²) in [4.78, 5) is 32.2. The van der Waals surface area contributed by atoms with E-state index in [2.05, 4.69) is 10.3 Å². The average molecular weight is 355 g/mol. The third kappa shape index (κ3) is 3.58. The highest BCUT2D eigenvalue weighted by molar-refractivity contribution is 7.15. The lowest BCUT2D eigenvalue weighted by Crippen LogP contribution is -2.36. The average Bonchev–Trinajstić information content (AvgIpc) is 2.95. The van der Waals surface area contributed by atoms with Crippen LogP contribution in [0.1, 0.15) is 35.4 Å². The zero-order valence-electron chi connectivity index (χ0n) is 14.0. The van der Waals surface area contributed by atoms with Gasteiger partial charge < -0.3 is 10.2 Å². The first kappa shape index (κ1) is 16.3. The van der Waals surface area contributed by atoms with Gasteiger partial charge in [-0.1, -0.05) is 48.1 Å². The van der Waals surface area contributed by atoms with Crippen molar-refractivity contribution in [1.82, 2.24) is 9.88 Å². The molecule has 1 fully saturated rings. The molecule has 0 spiro atoms.